The van der Waals surface area contributed by atoms with E-state index < -0.39 is 27.9 Å². The Kier molecular flexibility index (Phi) is 7.62. The smallest absolute Gasteiger partial charge is 0.326 e. The number of hydrogen-bond acceptors (Lipinski definition) is 5. The van der Waals surface area contributed by atoms with Gasteiger partial charge in [0.05, 0.1) is 3.79 Å². The van der Waals surface area contributed by atoms with Gasteiger partial charge in [-0.1, -0.05) is 20.3 Å². The van der Waals surface area contributed by atoms with E-state index >= 15 is 0 Å². The van der Waals surface area contributed by atoms with Crippen LogP contribution >= 0.6 is 27.3 Å². The lowest BCUT2D eigenvalue weighted by Gasteiger charge is -2.18. The van der Waals surface area contributed by atoms with Crippen LogP contribution in [0.25, 0.3) is 0 Å². The maximum absolute atomic E-state index is 12.3. The zero-order valence-electron chi connectivity index (χ0n) is 15.3. The average Bonchev–Trinajstić information content (AvgIpc) is 3.08. The van der Waals surface area contributed by atoms with Crippen LogP contribution in [0.3, 0.4) is 0 Å². The quantitative estimate of drug-likeness (QED) is 0.494. The minimum atomic E-state index is -3.71. The number of rotatable bonds is 9. The molecule has 1 heterocycles. The van der Waals surface area contributed by atoms with Crippen LogP contribution in [-0.2, 0) is 14.8 Å². The third kappa shape index (κ3) is 6.05. The fraction of sp³-hybridized carbons (Fsp3) is 0.333. The lowest BCUT2D eigenvalue weighted by atomic mass is 9.99. The summed E-state index contributed by atoms with van der Waals surface area (Å²) in [7, 11) is -3.71. The fourth-order valence-electron chi connectivity index (χ4n) is 2.37. The minimum absolute atomic E-state index is 0.162. The van der Waals surface area contributed by atoms with Crippen LogP contribution in [0.4, 0.5) is 5.69 Å². The van der Waals surface area contributed by atoms with Gasteiger partial charge in [-0.05, 0) is 64.7 Å². The third-order valence-corrected chi connectivity index (χ3v) is 7.65. The number of carbonyl (C=O) groups excluding carboxylic acids is 1. The van der Waals surface area contributed by atoms with E-state index in [9.17, 15) is 23.1 Å². The predicted octanol–water partition coefficient (Wildman–Crippen LogP) is 3.93. The number of anilines is 1. The molecular weight excluding hydrogens is 468 g/mol. The first-order valence-corrected chi connectivity index (χ1v) is 11.6. The van der Waals surface area contributed by atoms with Gasteiger partial charge in [0.25, 0.3) is 15.9 Å². The molecular formula is C18H21BrN2O5S2. The van der Waals surface area contributed by atoms with E-state index in [1.807, 2.05) is 13.8 Å². The molecule has 1 amide bonds. The van der Waals surface area contributed by atoms with E-state index in [0.29, 0.717) is 15.9 Å². The van der Waals surface area contributed by atoms with E-state index in [1.165, 1.54) is 30.3 Å². The largest absolute Gasteiger partial charge is 0.480 e. The van der Waals surface area contributed by atoms with Crippen LogP contribution in [-0.4, -0.2) is 31.4 Å². The molecule has 1 aromatic heterocycles. The highest BCUT2D eigenvalue weighted by molar-refractivity contribution is 9.11. The summed E-state index contributed by atoms with van der Waals surface area (Å²) in [4.78, 5) is 23.7. The van der Waals surface area contributed by atoms with Crippen molar-refractivity contribution in [3.05, 3.63) is 45.7 Å². The van der Waals surface area contributed by atoms with Crippen molar-refractivity contribution in [3.63, 3.8) is 0 Å². The number of aliphatic carboxylic acids is 1. The normalized spacial score (nSPS) is 13.5. The summed E-state index contributed by atoms with van der Waals surface area (Å²) in [5, 5.41) is 11.8. The van der Waals surface area contributed by atoms with Crippen LogP contribution in [0.2, 0.25) is 0 Å². The second-order valence-electron chi connectivity index (χ2n) is 6.35. The number of nitrogens with one attached hydrogen (secondary N) is 2. The highest BCUT2D eigenvalue weighted by Gasteiger charge is 2.23. The summed E-state index contributed by atoms with van der Waals surface area (Å²) >= 11 is 4.31. The molecule has 0 bridgehead atoms. The Balaban J connectivity index is 2.06. The SMILES string of the molecule is CCC(C)CC(NC(=O)c1ccc(NS(=O)(=O)c2ccc(Br)s2)cc1)C(=O)O. The second kappa shape index (κ2) is 9.53. The monoisotopic (exact) mass is 488 g/mol. The molecule has 2 rings (SSSR count). The molecule has 0 radical (unpaired) electrons. The Hall–Kier alpha value is -1.91. The lowest BCUT2D eigenvalue weighted by Crippen LogP contribution is -2.41. The maximum Gasteiger partial charge on any atom is 0.326 e. The van der Waals surface area contributed by atoms with E-state index in [2.05, 4.69) is 26.0 Å². The first kappa shape index (κ1) is 22.4. The standard InChI is InChI=1S/C18H21BrN2O5S2/c1-3-11(2)10-14(18(23)24)20-17(22)12-4-6-13(7-5-12)21-28(25,26)16-9-8-15(19)27-16/h4-9,11,14,21H,3,10H2,1-2H3,(H,20,22)(H,23,24). The highest BCUT2D eigenvalue weighted by Crippen LogP contribution is 2.27. The van der Waals surface area contributed by atoms with Gasteiger partial charge in [0.1, 0.15) is 10.3 Å². The summed E-state index contributed by atoms with van der Waals surface area (Å²) in [6.07, 6.45) is 1.15. The third-order valence-electron chi connectivity index (χ3n) is 4.15. The molecule has 152 valence electrons. The lowest BCUT2D eigenvalue weighted by molar-refractivity contribution is -0.139. The van der Waals surface area contributed by atoms with Crippen LogP contribution in [0, 0.1) is 5.92 Å². The zero-order chi connectivity index (χ0) is 20.9. The number of hydrogen-bond donors (Lipinski definition) is 3. The van der Waals surface area contributed by atoms with Crippen LogP contribution in [0.15, 0.2) is 44.4 Å². The number of sulfonamides is 1. The van der Waals surface area contributed by atoms with Crippen molar-refractivity contribution < 1.29 is 23.1 Å². The van der Waals surface area contributed by atoms with Gasteiger partial charge in [-0.3, -0.25) is 9.52 Å². The number of carboxylic acids is 1. The summed E-state index contributed by atoms with van der Waals surface area (Å²) in [5.41, 5.74) is 0.549. The summed E-state index contributed by atoms with van der Waals surface area (Å²) < 4.78 is 27.9. The van der Waals surface area contributed by atoms with Gasteiger partial charge in [0, 0.05) is 11.3 Å². The van der Waals surface area contributed by atoms with Crippen molar-refractivity contribution in [3.8, 4) is 0 Å². The van der Waals surface area contributed by atoms with Crippen molar-refractivity contribution in [1.29, 1.82) is 0 Å². The summed E-state index contributed by atoms with van der Waals surface area (Å²) in [5.74, 6) is -1.44. The molecule has 0 aliphatic rings. The van der Waals surface area contributed by atoms with Gasteiger partial charge in [-0.2, -0.15) is 0 Å². The maximum atomic E-state index is 12.3. The number of amides is 1. The molecule has 10 heteroatoms. The van der Waals surface area contributed by atoms with Gasteiger partial charge in [-0.25, -0.2) is 13.2 Å². The molecule has 28 heavy (non-hydrogen) atoms. The topological polar surface area (TPSA) is 113 Å². The molecule has 0 spiro atoms. The molecule has 3 N–H and O–H groups in total. The minimum Gasteiger partial charge on any atom is -0.480 e. The second-order valence-corrected chi connectivity index (χ2v) is 10.7. The molecule has 0 saturated heterocycles. The predicted molar refractivity (Wildman–Crippen MR) is 112 cm³/mol. The molecule has 2 atom stereocenters. The van der Waals surface area contributed by atoms with Gasteiger partial charge < -0.3 is 10.4 Å². The molecule has 1 aromatic carbocycles. The van der Waals surface area contributed by atoms with Gasteiger partial charge in [-0.15, -0.1) is 11.3 Å². The van der Waals surface area contributed by atoms with Crippen LogP contribution < -0.4 is 10.0 Å². The van der Waals surface area contributed by atoms with E-state index in [1.54, 1.807) is 6.07 Å². The van der Waals surface area contributed by atoms with E-state index in [-0.39, 0.29) is 15.7 Å². The Bertz CT molecular complexity index is 941. The Morgan fingerprint density at radius 1 is 1.18 bits per heavy atom. The summed E-state index contributed by atoms with van der Waals surface area (Å²) in [6.45, 7) is 3.88. The molecule has 2 unspecified atom stereocenters. The van der Waals surface area contributed by atoms with Gasteiger partial charge in [0.15, 0.2) is 0 Å². The molecule has 2 aromatic rings. The number of thiophene rings is 1. The van der Waals surface area contributed by atoms with Gasteiger partial charge in [0.2, 0.25) is 0 Å². The van der Waals surface area contributed by atoms with E-state index in [4.69, 9.17) is 0 Å². The zero-order valence-corrected chi connectivity index (χ0v) is 18.5. The van der Waals surface area contributed by atoms with Crippen LogP contribution in [0.1, 0.15) is 37.0 Å². The number of benzene rings is 1. The Morgan fingerprint density at radius 3 is 2.32 bits per heavy atom. The van der Waals surface area contributed by atoms with Crippen molar-refractivity contribution >= 4 is 54.9 Å². The van der Waals surface area contributed by atoms with Crippen molar-refractivity contribution in [2.24, 2.45) is 5.92 Å². The van der Waals surface area contributed by atoms with Crippen LogP contribution in [0.5, 0.6) is 0 Å². The first-order valence-electron chi connectivity index (χ1n) is 8.54. The molecule has 0 aliphatic carbocycles. The fourth-order valence-corrected chi connectivity index (χ4v) is 5.44. The first-order chi connectivity index (χ1) is 13.1. The highest BCUT2D eigenvalue weighted by atomic mass is 79.9. The Labute approximate surface area is 176 Å². The Morgan fingerprint density at radius 2 is 1.82 bits per heavy atom. The molecule has 0 fully saturated rings. The number of halogens is 1. The van der Waals surface area contributed by atoms with Crippen molar-refractivity contribution in [1.82, 2.24) is 5.32 Å². The molecule has 0 aliphatic heterocycles. The van der Waals surface area contributed by atoms with Crippen molar-refractivity contribution in [2.75, 3.05) is 4.72 Å². The van der Waals surface area contributed by atoms with E-state index in [0.717, 1.165) is 17.8 Å². The number of carbonyl (C=O) groups is 2. The average molecular weight is 489 g/mol. The summed E-state index contributed by atoms with van der Waals surface area (Å²) in [6, 6.07) is 7.96. The van der Waals surface area contributed by atoms with Crippen molar-refractivity contribution in [2.45, 2.75) is 36.9 Å². The number of carboxylic acid groups (broad SMARTS) is 1. The molecule has 7 nitrogen and oxygen atoms in total. The molecule has 0 saturated carbocycles. The van der Waals surface area contributed by atoms with Gasteiger partial charge >= 0.3 is 5.97 Å².